The van der Waals surface area contributed by atoms with Gasteiger partial charge in [-0.05, 0) is 209 Å². The zero-order valence-corrected chi connectivity index (χ0v) is 64.9. The number of aromatic nitrogens is 4. The monoisotopic (exact) mass is 1500 g/mol. The summed E-state index contributed by atoms with van der Waals surface area (Å²) < 4.78 is 27.4. The van der Waals surface area contributed by atoms with Gasteiger partial charge in [-0.2, -0.15) is 0 Å². The van der Waals surface area contributed by atoms with Crippen LogP contribution in [0.3, 0.4) is 0 Å². The number of hydrogen-bond acceptors (Lipinski definition) is 15. The summed E-state index contributed by atoms with van der Waals surface area (Å²) in [4.78, 5) is 112. The average Bonchev–Trinajstić information content (AvgIpc) is 1.69. The molecule has 0 spiro atoms. The number of methoxy groups -OCH3 is 3. The molecule has 6 amide bonds. The minimum atomic E-state index is -0.700. The van der Waals surface area contributed by atoms with Crippen molar-refractivity contribution < 1.29 is 52.5 Å². The Balaban J connectivity index is 0.000000164. The van der Waals surface area contributed by atoms with E-state index in [4.69, 9.17) is 43.6 Å². The number of amides is 6. The van der Waals surface area contributed by atoms with Gasteiger partial charge in [-0.25, -0.2) is 24.4 Å². The van der Waals surface area contributed by atoms with Crippen molar-refractivity contribution in [3.63, 3.8) is 0 Å². The third-order valence-electron chi connectivity index (χ3n) is 25.7. The highest BCUT2D eigenvalue weighted by atomic mass is 16.5. The van der Waals surface area contributed by atoms with Gasteiger partial charge in [-0.15, -0.1) is 0 Å². The summed E-state index contributed by atoms with van der Waals surface area (Å²) in [6.07, 6.45) is 18.2. The molecule has 23 nitrogen and oxygen atoms in total. The molecule has 2 aromatic heterocycles. The van der Waals surface area contributed by atoms with Crippen molar-refractivity contribution >= 4 is 80.3 Å². The molecule has 7 aliphatic heterocycles. The Morgan fingerprint density at radius 3 is 1.39 bits per heavy atom. The van der Waals surface area contributed by atoms with Crippen LogP contribution in [0.15, 0.2) is 107 Å². The first-order valence-electron chi connectivity index (χ1n) is 40.2. The minimum absolute atomic E-state index is 0.0249. The first-order valence-corrected chi connectivity index (χ1v) is 40.2. The van der Waals surface area contributed by atoms with E-state index in [-0.39, 0.29) is 65.7 Å². The molecule has 10 aliphatic rings. The maximum absolute atomic E-state index is 14.3. The van der Waals surface area contributed by atoms with Crippen LogP contribution in [0.2, 0.25) is 0 Å². The van der Waals surface area contributed by atoms with Crippen LogP contribution >= 0.6 is 0 Å². The van der Waals surface area contributed by atoms with Crippen molar-refractivity contribution in [2.75, 3.05) is 27.9 Å². The summed E-state index contributed by atoms with van der Waals surface area (Å²) in [6.45, 7) is 13.2. The minimum Gasteiger partial charge on any atom is -0.488 e. The number of benzene rings is 6. The smallest absolute Gasteiger partial charge is 0.407 e. The molecule has 6 fully saturated rings. The van der Waals surface area contributed by atoms with Crippen LogP contribution in [0.5, 0.6) is 11.5 Å². The lowest BCUT2D eigenvalue weighted by Gasteiger charge is -2.34. The van der Waals surface area contributed by atoms with Crippen molar-refractivity contribution in [1.29, 1.82) is 0 Å². The summed E-state index contributed by atoms with van der Waals surface area (Å²) >= 11 is 0. The highest BCUT2D eigenvalue weighted by Gasteiger charge is 2.52. The summed E-state index contributed by atoms with van der Waals surface area (Å²) in [6, 6.07) is 28.3. The first-order chi connectivity index (χ1) is 53.8. The number of nitrogens with zero attached hydrogens (tertiary/aromatic N) is 7. The van der Waals surface area contributed by atoms with E-state index in [1.54, 1.807) is 6.20 Å². The van der Waals surface area contributed by atoms with Gasteiger partial charge >= 0.3 is 18.3 Å². The number of aromatic amines is 2. The van der Waals surface area contributed by atoms with E-state index < -0.39 is 36.4 Å². The average molecular weight is 1500 g/mol. The number of alkyl carbamates (subject to hydrolysis) is 3. The molecule has 9 heterocycles. The quantitative estimate of drug-likeness (QED) is 0.0598. The Bertz CT molecular complexity index is 5110. The number of hydrogen-bond donors (Lipinski definition) is 5. The Labute approximate surface area is 646 Å². The van der Waals surface area contributed by atoms with E-state index in [9.17, 15) is 28.8 Å². The van der Waals surface area contributed by atoms with Crippen molar-refractivity contribution in [1.82, 2.24) is 50.6 Å². The highest BCUT2D eigenvalue weighted by molar-refractivity contribution is 6.08. The number of nitrogens with one attached hydrogen (secondary N) is 5. The SMILES string of the molecule is COC(=O)N[C@H](C(=O)N1CCCC1c1ncc(-c2ccc3c(c2)OCc2cc4c5c(ccc4cc2-3)N=C([C@@H]2C[C@@H]3CCC[C@@H]3N2C(=O)[C@@H](NC(=O)OC)C(C)C)C5)[nH]1)C(C)C.COC(=O)N[C@H](C(=O)N1[C@H](C2=Nc3ccc4cc5c(cc4c3C2)COc2cc(-c3cnc(C4CCCC4)[nH]3)ccc2-5)C[C@@H]2CCC[C@@H]21)C(C)C. The van der Waals surface area contributed by atoms with E-state index in [0.717, 1.165) is 160 Å². The maximum Gasteiger partial charge on any atom is 0.407 e. The molecule has 10 atom stereocenters. The summed E-state index contributed by atoms with van der Waals surface area (Å²) in [5, 5.41) is 13.0. The molecule has 23 heteroatoms. The van der Waals surface area contributed by atoms with Gasteiger partial charge in [0.2, 0.25) is 17.7 Å². The number of rotatable bonds is 15. The lowest BCUT2D eigenvalue weighted by molar-refractivity contribution is -0.137. The summed E-state index contributed by atoms with van der Waals surface area (Å²) in [5.41, 5.74) is 17.0. The molecular formula is C88H100N12O11. The number of imidazole rings is 2. The van der Waals surface area contributed by atoms with Gasteiger partial charge in [0, 0.05) is 71.1 Å². The van der Waals surface area contributed by atoms with E-state index in [0.29, 0.717) is 56.2 Å². The second-order valence-electron chi connectivity index (χ2n) is 33.3. The van der Waals surface area contributed by atoms with Gasteiger partial charge in [0.05, 0.1) is 74.6 Å². The Morgan fingerprint density at radius 1 is 0.477 bits per heavy atom. The number of carbonyl (C=O) groups is 6. The van der Waals surface area contributed by atoms with Crippen LogP contribution in [-0.2, 0) is 54.6 Å². The van der Waals surface area contributed by atoms with E-state index >= 15 is 0 Å². The number of likely N-dealkylation sites (tertiary alicyclic amines) is 3. The molecule has 111 heavy (non-hydrogen) atoms. The first kappa shape index (κ1) is 73.2. The lowest BCUT2D eigenvalue weighted by Crippen LogP contribution is -2.56. The van der Waals surface area contributed by atoms with Gasteiger partial charge in [-0.1, -0.05) is 91.5 Å². The molecule has 8 aromatic rings. The second-order valence-corrected chi connectivity index (χ2v) is 33.3. The molecule has 1 unspecified atom stereocenters. The molecular weight excluding hydrogens is 1400 g/mol. The lowest BCUT2D eigenvalue weighted by atomic mass is 9.90. The summed E-state index contributed by atoms with van der Waals surface area (Å²) in [5.74, 6) is 4.44. The number of ether oxygens (including phenoxy) is 5. The van der Waals surface area contributed by atoms with Crippen LogP contribution in [0.1, 0.15) is 177 Å². The van der Waals surface area contributed by atoms with Crippen LogP contribution < -0.4 is 25.4 Å². The number of carbonyl (C=O) groups excluding carboxylic acids is 6. The van der Waals surface area contributed by atoms with Crippen LogP contribution in [0, 0.1) is 29.6 Å². The van der Waals surface area contributed by atoms with Gasteiger partial charge in [-0.3, -0.25) is 24.4 Å². The Morgan fingerprint density at radius 2 is 0.928 bits per heavy atom. The molecule has 578 valence electrons. The fourth-order valence-corrected chi connectivity index (χ4v) is 20.0. The van der Waals surface area contributed by atoms with Gasteiger partial charge < -0.3 is 64.3 Å². The molecule has 3 aliphatic carbocycles. The molecule has 0 bridgehead atoms. The largest absolute Gasteiger partial charge is 0.488 e. The van der Waals surface area contributed by atoms with E-state index in [1.807, 2.05) is 58.7 Å². The fraction of sp³-hybridized carbons (Fsp3) is 0.477. The highest BCUT2D eigenvalue weighted by Crippen LogP contribution is 2.51. The van der Waals surface area contributed by atoms with E-state index in [1.165, 1.54) is 80.0 Å². The molecule has 3 saturated heterocycles. The van der Waals surface area contributed by atoms with Crippen molar-refractivity contribution in [3.05, 3.63) is 131 Å². The van der Waals surface area contributed by atoms with E-state index in [2.05, 4.69) is 115 Å². The molecule has 18 rings (SSSR count). The standard InChI is InChI=1S/C47H55N7O7.C41H45N5O4/c1-24(2)41(51-46(57)59-5)44(55)53-16-8-11-38(53)43-48-22-36(50-43)27-12-14-30-32-17-26-13-15-34-33(31(26)18-29(32)23-61-40(30)20-27)21-35(49-34)39-19-28-9-7-10-37(28)54(39)45(56)42(25(3)4)52-47(58)60-6;1-22(2)38(45-41(48)49-3)40(47)46-35-10-6-9-26(35)17-36(46)33-19-31-29-16-27-21-50-37-18-25(34-20-42-39(44-34)23-7-4-5-8-23)11-13-28(37)30(27)15-24(29)12-14-32(31)43-33/h12-15,17-18,20,22,24-25,28,37-39,41-42H,7-11,16,19,21,23H2,1-6H3,(H,48,50)(H,51,57)(H,52,58);11-16,18,20,22-23,26,35-36,38H,4-10,17,19,21H2,1-3H3,(H,42,44)(H,45,48)/t28-,37-,38?,39-,41-,42-;26-,35-,36-,38-/m00/s1. The van der Waals surface area contributed by atoms with Crippen molar-refractivity contribution in [3.8, 4) is 56.3 Å². The molecule has 6 aromatic carbocycles. The van der Waals surface area contributed by atoms with Crippen molar-refractivity contribution in [2.24, 2.45) is 39.6 Å². The number of fused-ring (bicyclic) bond motifs is 14. The van der Waals surface area contributed by atoms with Crippen LogP contribution in [-0.4, -0.2) is 152 Å². The number of H-pyrrole nitrogens is 2. The number of aliphatic imine (C=N–C) groups is 2. The maximum atomic E-state index is 14.3. The Hall–Kier alpha value is -10.6. The topological polar surface area (TPSA) is 276 Å². The zero-order valence-electron chi connectivity index (χ0n) is 64.9. The zero-order chi connectivity index (χ0) is 76.8. The fourth-order valence-electron chi connectivity index (χ4n) is 20.0. The summed E-state index contributed by atoms with van der Waals surface area (Å²) in [7, 11) is 3.95. The molecule has 5 N–H and O–H groups in total. The third kappa shape index (κ3) is 13.5. The predicted molar refractivity (Wildman–Crippen MR) is 424 cm³/mol. The second kappa shape index (κ2) is 29.9. The van der Waals surface area contributed by atoms with Crippen molar-refractivity contribution in [2.45, 2.75) is 212 Å². The predicted octanol–water partition coefficient (Wildman–Crippen LogP) is 15.8. The van der Waals surface area contributed by atoms with Gasteiger partial charge in [0.1, 0.15) is 54.5 Å². The Kier molecular flexibility index (Phi) is 19.7. The molecule has 0 radical (unpaired) electrons. The normalized spacial score (nSPS) is 22.6. The van der Waals surface area contributed by atoms with Crippen LogP contribution in [0.4, 0.5) is 25.8 Å². The molecule has 3 saturated carbocycles. The third-order valence-corrected chi connectivity index (χ3v) is 25.7. The van der Waals surface area contributed by atoms with Gasteiger partial charge in [0.15, 0.2) is 0 Å². The van der Waals surface area contributed by atoms with Gasteiger partial charge in [0.25, 0.3) is 0 Å². The van der Waals surface area contributed by atoms with Crippen LogP contribution in [0.25, 0.3) is 66.3 Å².